The van der Waals surface area contributed by atoms with Gasteiger partial charge in [-0.15, -0.1) is 0 Å². The summed E-state index contributed by atoms with van der Waals surface area (Å²) in [6.45, 7) is 1.81. The first kappa shape index (κ1) is 26.3. The van der Waals surface area contributed by atoms with Crippen LogP contribution in [0, 0.1) is 21.3 Å². The van der Waals surface area contributed by atoms with Crippen LogP contribution in [-0.4, -0.2) is 47.5 Å². The summed E-state index contributed by atoms with van der Waals surface area (Å²) in [5, 5.41) is 22.5. The van der Waals surface area contributed by atoms with E-state index in [4.69, 9.17) is 10.2 Å². The number of thioether (sulfide) groups is 1. The highest BCUT2D eigenvalue weighted by Crippen LogP contribution is 2.36. The normalized spacial score (nSPS) is 18.2. The summed E-state index contributed by atoms with van der Waals surface area (Å²) in [6, 6.07) is 5.46. The van der Waals surface area contributed by atoms with Crippen LogP contribution in [-0.2, 0) is 4.79 Å². The Labute approximate surface area is 188 Å². The van der Waals surface area contributed by atoms with Gasteiger partial charge in [-0.1, -0.05) is 11.8 Å². The summed E-state index contributed by atoms with van der Waals surface area (Å²) in [5.41, 5.74) is 5.81. The molecule has 0 aliphatic carbocycles. The molecule has 0 saturated carbocycles. The SMILES string of the molecule is CN1CCC2=C(C1)NC(/C=C(/C=C\C(=N)c1ccc(F)cc1)[N+](=O)[O-])S2.FS.NC=O. The molecule has 0 saturated heterocycles. The Morgan fingerprint density at radius 2 is 2.00 bits per heavy atom. The number of likely N-dealkylation sites (N-methyl/N-ethyl adjacent to an activating group) is 1. The number of carbonyl (C=O) groups excluding carboxylic acids is 1. The first-order chi connectivity index (χ1) is 14.8. The van der Waals surface area contributed by atoms with Crippen molar-refractivity contribution >= 4 is 36.9 Å². The van der Waals surface area contributed by atoms with Crippen LogP contribution < -0.4 is 11.1 Å². The maximum absolute atomic E-state index is 12.9. The maximum atomic E-state index is 12.9. The van der Waals surface area contributed by atoms with Crippen LogP contribution in [0.15, 0.2) is 58.8 Å². The van der Waals surface area contributed by atoms with E-state index in [9.17, 15) is 18.4 Å². The zero-order valence-corrected chi connectivity index (χ0v) is 18.3. The molecule has 0 bridgehead atoms. The Balaban J connectivity index is 0.000000884. The Morgan fingerprint density at radius 3 is 2.58 bits per heavy atom. The lowest BCUT2D eigenvalue weighted by Gasteiger charge is -2.22. The van der Waals surface area contributed by atoms with Crippen molar-refractivity contribution in [1.29, 1.82) is 5.41 Å². The summed E-state index contributed by atoms with van der Waals surface area (Å²) < 4.78 is 22.1. The number of amides is 1. The average Bonchev–Trinajstić information content (AvgIpc) is 3.14. The van der Waals surface area contributed by atoms with E-state index in [1.165, 1.54) is 41.3 Å². The molecule has 0 spiro atoms. The molecule has 168 valence electrons. The fourth-order valence-electron chi connectivity index (χ4n) is 2.79. The minimum atomic E-state index is -0.458. The number of primary amides is 1. The first-order valence-electron chi connectivity index (χ1n) is 8.89. The van der Waals surface area contributed by atoms with E-state index < -0.39 is 4.92 Å². The summed E-state index contributed by atoms with van der Waals surface area (Å²) in [6.07, 6.45) is 5.45. The Morgan fingerprint density at radius 1 is 1.39 bits per heavy atom. The predicted octanol–water partition coefficient (Wildman–Crippen LogP) is 3.02. The standard InChI is InChI=1S/C18H19FN4O2S.CH3NO.FHS/c1-22-9-8-17-16(11-22)21-18(26-17)10-14(23(24)25)6-7-15(20)12-2-4-13(19)5-3-12;2-1-3;1-2/h2-7,10,18,20-21H,8-9,11H2,1H3;1H,(H2,2,3);2H/b7-6-,14-10-,20-15?;;. The molecule has 2 aliphatic heterocycles. The van der Waals surface area contributed by atoms with Crippen LogP contribution in [0.2, 0.25) is 0 Å². The summed E-state index contributed by atoms with van der Waals surface area (Å²) in [5.74, 6) is -0.386. The number of thiol groups is 1. The van der Waals surface area contributed by atoms with Crippen LogP contribution in [0.4, 0.5) is 8.28 Å². The molecular weight excluding hydrogens is 448 g/mol. The summed E-state index contributed by atoms with van der Waals surface area (Å²) >= 11 is 3.63. The van der Waals surface area contributed by atoms with E-state index in [1.54, 1.807) is 17.8 Å². The van der Waals surface area contributed by atoms with E-state index in [1.807, 2.05) is 20.1 Å². The zero-order valence-electron chi connectivity index (χ0n) is 16.6. The number of nitrogens with two attached hydrogens (primary N) is 1. The second-order valence-corrected chi connectivity index (χ2v) is 7.55. The Kier molecular flexibility index (Phi) is 11.5. The van der Waals surface area contributed by atoms with Crippen molar-refractivity contribution in [2.75, 3.05) is 20.1 Å². The lowest BCUT2D eigenvalue weighted by molar-refractivity contribution is -0.419. The van der Waals surface area contributed by atoms with Gasteiger partial charge < -0.3 is 21.4 Å². The smallest absolute Gasteiger partial charge is 0.268 e. The lowest BCUT2D eigenvalue weighted by atomic mass is 10.1. The van der Waals surface area contributed by atoms with Crippen molar-refractivity contribution in [3.05, 3.63) is 80.3 Å². The van der Waals surface area contributed by atoms with E-state index in [0.717, 1.165) is 25.2 Å². The zero-order chi connectivity index (χ0) is 23.4. The third-order valence-corrected chi connectivity index (χ3v) is 5.42. The molecule has 31 heavy (non-hydrogen) atoms. The number of hydrogen-bond acceptors (Lipinski definition) is 8. The third-order valence-electron chi connectivity index (χ3n) is 4.18. The maximum Gasteiger partial charge on any atom is 0.268 e. The van der Waals surface area contributed by atoms with Crippen molar-refractivity contribution in [3.8, 4) is 0 Å². The molecule has 4 N–H and O–H groups in total. The first-order valence-corrected chi connectivity index (χ1v) is 10.1. The molecule has 1 aromatic carbocycles. The van der Waals surface area contributed by atoms with Gasteiger partial charge in [0.05, 0.1) is 10.6 Å². The fraction of sp³-hybridized carbons (Fsp3) is 0.263. The van der Waals surface area contributed by atoms with Gasteiger partial charge in [0.15, 0.2) is 0 Å². The number of allylic oxidation sites excluding steroid dienone is 2. The number of nitrogens with one attached hydrogen (secondary N) is 2. The molecule has 3 rings (SSSR count). The minimum Gasteiger partial charge on any atom is -0.372 e. The molecule has 0 fully saturated rings. The van der Waals surface area contributed by atoms with E-state index in [2.05, 4.69) is 16.0 Å². The van der Waals surface area contributed by atoms with E-state index >= 15 is 0 Å². The topological polar surface area (TPSA) is 125 Å². The number of hydrogen-bond donors (Lipinski definition) is 4. The van der Waals surface area contributed by atoms with Gasteiger partial charge in [-0.05, 0) is 49.4 Å². The molecule has 1 amide bonds. The molecule has 0 radical (unpaired) electrons. The van der Waals surface area contributed by atoms with E-state index in [0.29, 0.717) is 5.56 Å². The van der Waals surface area contributed by atoms with Crippen LogP contribution in [0.1, 0.15) is 12.0 Å². The molecule has 2 aliphatic rings. The number of nitrogens with zero attached hydrogens (tertiary/aromatic N) is 2. The number of halogens is 2. The fourth-order valence-corrected chi connectivity index (χ4v) is 3.98. The van der Waals surface area contributed by atoms with Crippen LogP contribution in [0.25, 0.3) is 0 Å². The monoisotopic (exact) mass is 471 g/mol. The highest BCUT2D eigenvalue weighted by molar-refractivity contribution is 8.04. The molecule has 12 heteroatoms. The van der Waals surface area contributed by atoms with Gasteiger partial charge in [-0.25, -0.2) is 4.39 Å². The third kappa shape index (κ3) is 8.52. The average molecular weight is 472 g/mol. The molecule has 8 nitrogen and oxygen atoms in total. The minimum absolute atomic E-state index is 0.0740. The summed E-state index contributed by atoms with van der Waals surface area (Å²) in [7, 11) is 2.05. The van der Waals surface area contributed by atoms with Gasteiger partial charge in [-0.2, -0.15) is 3.89 Å². The highest BCUT2D eigenvalue weighted by atomic mass is 32.2. The van der Waals surface area contributed by atoms with E-state index in [-0.39, 0.29) is 29.0 Å². The highest BCUT2D eigenvalue weighted by Gasteiger charge is 2.28. The van der Waals surface area contributed by atoms with Crippen LogP contribution in [0.5, 0.6) is 0 Å². The van der Waals surface area contributed by atoms with Crippen molar-refractivity contribution in [3.63, 3.8) is 0 Å². The number of carbonyl (C=O) groups is 1. The van der Waals surface area contributed by atoms with Crippen molar-refractivity contribution in [2.45, 2.75) is 11.8 Å². The Hall–Kier alpha value is -2.70. The van der Waals surface area contributed by atoms with Gasteiger partial charge >= 0.3 is 0 Å². The molecule has 2 heterocycles. The largest absolute Gasteiger partial charge is 0.372 e. The van der Waals surface area contributed by atoms with Crippen molar-refractivity contribution < 1.29 is 18.0 Å². The van der Waals surface area contributed by atoms with Crippen LogP contribution >= 0.6 is 24.8 Å². The van der Waals surface area contributed by atoms with Crippen molar-refractivity contribution in [1.82, 2.24) is 10.2 Å². The van der Waals surface area contributed by atoms with Gasteiger partial charge in [0.25, 0.3) is 5.70 Å². The van der Waals surface area contributed by atoms with Crippen LogP contribution in [0.3, 0.4) is 0 Å². The van der Waals surface area contributed by atoms with Crippen molar-refractivity contribution in [2.24, 2.45) is 5.73 Å². The van der Waals surface area contributed by atoms with Gasteiger partial charge in [-0.3, -0.25) is 14.9 Å². The summed E-state index contributed by atoms with van der Waals surface area (Å²) in [4.78, 5) is 22.9. The number of rotatable bonds is 5. The lowest BCUT2D eigenvalue weighted by Crippen LogP contribution is -2.31. The Bertz CT molecular complexity index is 876. The van der Waals surface area contributed by atoms with Gasteiger partial charge in [0.1, 0.15) is 11.2 Å². The number of nitro groups is 1. The second-order valence-electron chi connectivity index (χ2n) is 6.31. The molecule has 1 unspecified atom stereocenters. The molecule has 1 aromatic rings. The quantitative estimate of drug-likeness (QED) is 0.131. The molecular formula is C19H23F2N5O3S2. The molecule has 0 aromatic heterocycles. The predicted molar refractivity (Wildman–Crippen MR) is 121 cm³/mol. The molecule has 1 atom stereocenters. The van der Waals surface area contributed by atoms with Gasteiger partial charge in [0.2, 0.25) is 6.41 Å². The van der Waals surface area contributed by atoms with Gasteiger partial charge in [0, 0.05) is 48.9 Å². The second kappa shape index (κ2) is 13.6. The number of benzene rings is 1.